The highest BCUT2D eigenvalue weighted by Gasteiger charge is 2.44. The van der Waals surface area contributed by atoms with Crippen LogP contribution < -0.4 is 14.4 Å². The van der Waals surface area contributed by atoms with Crippen molar-refractivity contribution in [3.05, 3.63) is 83.4 Å². The maximum atomic E-state index is 13.6. The Hall–Kier alpha value is -2.89. The first kappa shape index (κ1) is 34.4. The zero-order valence-electron chi connectivity index (χ0n) is 26.8. The molecule has 2 aliphatic carbocycles. The molecule has 0 aromatic heterocycles. The summed E-state index contributed by atoms with van der Waals surface area (Å²) in [5.74, 6) is 0.239. The predicted octanol–water partition coefficient (Wildman–Crippen LogP) is 5.27. The van der Waals surface area contributed by atoms with Crippen molar-refractivity contribution in [1.29, 1.82) is 0 Å². The van der Waals surface area contributed by atoms with E-state index in [-0.39, 0.29) is 36.0 Å². The number of methoxy groups -OCH3 is 1. The first-order valence-corrected chi connectivity index (χ1v) is 17.9. The zero-order chi connectivity index (χ0) is 33.1. The van der Waals surface area contributed by atoms with Crippen molar-refractivity contribution in [3.8, 4) is 5.75 Å². The van der Waals surface area contributed by atoms with Gasteiger partial charge in [-0.1, -0.05) is 29.8 Å². The average molecular weight is 672 g/mol. The van der Waals surface area contributed by atoms with E-state index in [2.05, 4.69) is 34.9 Å². The van der Waals surface area contributed by atoms with Crippen molar-refractivity contribution in [3.63, 3.8) is 0 Å². The summed E-state index contributed by atoms with van der Waals surface area (Å²) in [6.07, 6.45) is 7.86. The van der Waals surface area contributed by atoms with Crippen LogP contribution in [0.15, 0.2) is 61.7 Å². The number of benzene rings is 2. The van der Waals surface area contributed by atoms with Gasteiger partial charge in [0.2, 0.25) is 0 Å². The number of rotatable bonds is 13. The summed E-state index contributed by atoms with van der Waals surface area (Å²) in [6, 6.07) is 10.8. The molecule has 0 bridgehead atoms. The number of aliphatic hydroxyl groups is 1. The third kappa shape index (κ3) is 7.16. The van der Waals surface area contributed by atoms with Crippen molar-refractivity contribution in [2.45, 2.75) is 63.0 Å². The second-order valence-electron chi connectivity index (χ2n) is 12.9. The Balaban J connectivity index is 1.48. The van der Waals surface area contributed by atoms with Crippen LogP contribution in [0.1, 0.15) is 60.5 Å². The maximum Gasteiger partial charge on any atom is 0.304 e. The van der Waals surface area contributed by atoms with Crippen LogP contribution in [-0.2, 0) is 26.8 Å². The molecule has 1 saturated carbocycles. The normalized spacial score (nSPS) is 23.7. The molecule has 250 valence electrons. The van der Waals surface area contributed by atoms with E-state index in [4.69, 9.17) is 21.1 Å². The molecule has 0 unspecified atom stereocenters. The molecule has 46 heavy (non-hydrogen) atoms. The number of nitrogens with zero attached hydrogens (tertiary/aromatic N) is 2. The highest BCUT2D eigenvalue weighted by Crippen LogP contribution is 2.46. The van der Waals surface area contributed by atoms with Gasteiger partial charge in [-0.15, -0.1) is 13.2 Å². The van der Waals surface area contributed by atoms with Crippen molar-refractivity contribution < 1.29 is 27.8 Å². The molecule has 2 N–H and O–H groups in total. The van der Waals surface area contributed by atoms with E-state index in [9.17, 15) is 18.3 Å². The number of aliphatic hydroxyl groups excluding tert-OH is 1. The van der Waals surface area contributed by atoms with Crippen molar-refractivity contribution in [1.82, 2.24) is 9.03 Å². The van der Waals surface area contributed by atoms with E-state index in [0.717, 1.165) is 37.8 Å². The SMILES string of the molecule is C=CC[C@H](C)N(CCOC)S(=O)(=O)NC(=O)c1ccc2c(c1)N(C[C@@H]1CC[C@H]1[C@@H](O)C=C)C[C@@]1(CCCc3cc(Cl)ccc31)CO2. The van der Waals surface area contributed by atoms with Crippen LogP contribution >= 0.6 is 11.6 Å². The number of halogens is 1. The fourth-order valence-corrected chi connectivity index (χ4v) is 8.88. The van der Waals surface area contributed by atoms with Crippen molar-refractivity contribution >= 4 is 33.4 Å². The molecule has 0 saturated heterocycles. The summed E-state index contributed by atoms with van der Waals surface area (Å²) >= 11 is 6.40. The zero-order valence-corrected chi connectivity index (χ0v) is 28.4. The molecule has 2 aromatic carbocycles. The first-order valence-electron chi connectivity index (χ1n) is 16.1. The quantitative estimate of drug-likeness (QED) is 0.279. The Kier molecular flexibility index (Phi) is 10.8. The number of anilines is 1. The highest BCUT2D eigenvalue weighted by molar-refractivity contribution is 7.87. The van der Waals surface area contributed by atoms with Gasteiger partial charge in [-0.05, 0) is 98.7 Å². The molecule has 5 atom stereocenters. The second kappa shape index (κ2) is 14.5. The Morgan fingerprint density at radius 2 is 2.09 bits per heavy atom. The molecule has 1 aliphatic heterocycles. The molecule has 3 aliphatic rings. The molecular formula is C35H46ClN3O6S. The topological polar surface area (TPSA) is 108 Å². The van der Waals surface area contributed by atoms with E-state index in [0.29, 0.717) is 36.9 Å². The minimum atomic E-state index is -4.19. The van der Waals surface area contributed by atoms with E-state index < -0.39 is 28.3 Å². The predicted molar refractivity (Wildman–Crippen MR) is 182 cm³/mol. The maximum absolute atomic E-state index is 13.6. The number of fused-ring (bicyclic) bond motifs is 3. The van der Waals surface area contributed by atoms with Gasteiger partial charge in [0.1, 0.15) is 5.75 Å². The standard InChI is InChI=1S/C35H46ClN3O6S/c1-5-8-24(3)39(17-18-44-4)46(42,43)37-34(41)26-11-15-33-31(20-26)38(21-27-10-13-29(27)32(40)6-2)22-35(23-45-33)16-7-9-25-19-28(36)12-14-30(25)35/h5-6,11-12,14-15,19-20,24,27,29,32,40H,1-2,7-10,13,16-18,21-23H2,3-4H3,(H,37,41)/t24-,27-,29+,32-,35-/m0/s1. The molecule has 9 nitrogen and oxygen atoms in total. The summed E-state index contributed by atoms with van der Waals surface area (Å²) < 4.78 is 42.1. The van der Waals surface area contributed by atoms with Gasteiger partial charge < -0.3 is 19.5 Å². The number of carbonyl (C=O) groups is 1. The van der Waals surface area contributed by atoms with E-state index >= 15 is 0 Å². The molecule has 11 heteroatoms. The van der Waals surface area contributed by atoms with Crippen LogP contribution in [-0.4, -0.2) is 75.8 Å². The third-order valence-corrected chi connectivity index (χ3v) is 11.8. The fourth-order valence-electron chi connectivity index (χ4n) is 7.34. The molecule has 1 amide bonds. The van der Waals surface area contributed by atoms with Gasteiger partial charge in [-0.2, -0.15) is 12.7 Å². The summed E-state index contributed by atoms with van der Waals surface area (Å²) in [7, 11) is -2.68. The number of ether oxygens (including phenoxy) is 2. The molecule has 1 heterocycles. The van der Waals surface area contributed by atoms with Gasteiger partial charge in [0.25, 0.3) is 5.91 Å². The number of carbonyl (C=O) groups excluding carboxylic acids is 1. The summed E-state index contributed by atoms with van der Waals surface area (Å²) in [5.41, 5.74) is 3.10. The van der Waals surface area contributed by atoms with Crippen LogP contribution in [0, 0.1) is 11.8 Å². The van der Waals surface area contributed by atoms with E-state index in [1.54, 1.807) is 37.3 Å². The minimum absolute atomic E-state index is 0.0911. The monoisotopic (exact) mass is 671 g/mol. The molecule has 0 radical (unpaired) electrons. The highest BCUT2D eigenvalue weighted by atomic mass is 35.5. The first-order chi connectivity index (χ1) is 22.0. The van der Waals surface area contributed by atoms with E-state index in [1.807, 2.05) is 6.07 Å². The van der Waals surface area contributed by atoms with Crippen LogP contribution in [0.2, 0.25) is 5.02 Å². The fraction of sp³-hybridized carbons (Fsp3) is 0.514. The summed E-state index contributed by atoms with van der Waals surface area (Å²) in [5, 5.41) is 11.3. The van der Waals surface area contributed by atoms with Crippen molar-refractivity contribution in [2.75, 3.05) is 44.9 Å². The van der Waals surface area contributed by atoms with Gasteiger partial charge in [-0.25, -0.2) is 4.72 Å². The van der Waals surface area contributed by atoms with E-state index in [1.165, 1.54) is 22.5 Å². The van der Waals surface area contributed by atoms with Gasteiger partial charge >= 0.3 is 10.2 Å². The largest absolute Gasteiger partial charge is 0.490 e. The Morgan fingerprint density at radius 1 is 1.28 bits per heavy atom. The Bertz CT molecular complexity index is 1550. The van der Waals surface area contributed by atoms with Crippen LogP contribution in [0.25, 0.3) is 0 Å². The number of amides is 1. The van der Waals surface area contributed by atoms with Gasteiger partial charge in [-0.3, -0.25) is 4.79 Å². The summed E-state index contributed by atoms with van der Waals surface area (Å²) in [4.78, 5) is 15.9. The van der Waals surface area contributed by atoms with Crippen LogP contribution in [0.4, 0.5) is 5.69 Å². The van der Waals surface area contributed by atoms with Crippen LogP contribution in [0.5, 0.6) is 5.75 Å². The number of hydrogen-bond acceptors (Lipinski definition) is 7. The smallest absolute Gasteiger partial charge is 0.304 e. The number of hydrogen-bond donors (Lipinski definition) is 2. The number of aryl methyl sites for hydroxylation is 1. The Labute approximate surface area is 278 Å². The molecule has 1 spiro atoms. The number of nitrogens with one attached hydrogen (secondary N) is 1. The Morgan fingerprint density at radius 3 is 2.78 bits per heavy atom. The molecule has 2 aromatic rings. The third-order valence-electron chi connectivity index (χ3n) is 9.96. The van der Waals surface area contributed by atoms with Crippen molar-refractivity contribution in [2.24, 2.45) is 11.8 Å². The lowest BCUT2D eigenvalue weighted by Crippen LogP contribution is -2.49. The molecular weight excluding hydrogens is 626 g/mol. The average Bonchev–Trinajstić information content (AvgIpc) is 3.16. The lowest BCUT2D eigenvalue weighted by molar-refractivity contribution is 0.0460. The van der Waals surface area contributed by atoms with Gasteiger partial charge in [0.05, 0.1) is 25.0 Å². The van der Waals surface area contributed by atoms with Crippen LogP contribution in [0.3, 0.4) is 0 Å². The summed E-state index contributed by atoms with van der Waals surface area (Å²) in [6.45, 7) is 11.3. The minimum Gasteiger partial charge on any atom is -0.490 e. The lowest BCUT2D eigenvalue weighted by Gasteiger charge is -2.45. The molecule has 5 rings (SSSR count). The lowest BCUT2D eigenvalue weighted by atomic mass is 9.68. The van der Waals surface area contributed by atoms with Gasteiger partial charge in [0, 0.05) is 48.8 Å². The second-order valence-corrected chi connectivity index (χ2v) is 15.0. The van der Waals surface area contributed by atoms with Gasteiger partial charge in [0.15, 0.2) is 0 Å². The molecule has 1 fully saturated rings.